The van der Waals surface area contributed by atoms with Crippen LogP contribution < -0.4 is 10.6 Å². The summed E-state index contributed by atoms with van der Waals surface area (Å²) in [5.41, 5.74) is -0.138. The summed E-state index contributed by atoms with van der Waals surface area (Å²) in [5.74, 6) is 0.130. The van der Waals surface area contributed by atoms with Gasteiger partial charge in [0.1, 0.15) is 0 Å². The quantitative estimate of drug-likeness (QED) is 0.771. The van der Waals surface area contributed by atoms with Crippen LogP contribution >= 0.6 is 0 Å². The Morgan fingerprint density at radius 1 is 1.47 bits per heavy atom. The smallest absolute Gasteiger partial charge is 0.234 e. The normalized spacial score (nSPS) is 21.6. The predicted octanol–water partition coefficient (Wildman–Crippen LogP) is 0.975. The van der Waals surface area contributed by atoms with Gasteiger partial charge in [-0.05, 0) is 46.7 Å². The largest absolute Gasteiger partial charge is 0.350 e. The molecule has 17 heavy (non-hydrogen) atoms. The van der Waals surface area contributed by atoms with Crippen LogP contribution in [0, 0.1) is 0 Å². The third-order valence-electron chi connectivity index (χ3n) is 3.05. The van der Waals surface area contributed by atoms with Crippen molar-refractivity contribution >= 4 is 5.91 Å². The van der Waals surface area contributed by atoms with Gasteiger partial charge >= 0.3 is 0 Å². The van der Waals surface area contributed by atoms with E-state index in [0.717, 1.165) is 19.6 Å². The standard InChI is InChI=1S/C13H27N3O/c1-5-16(11-7-6-8-14-9-11)10-12(17)15-13(2,3)4/h11,14H,5-10H2,1-4H3,(H,15,17). The summed E-state index contributed by atoms with van der Waals surface area (Å²) < 4.78 is 0. The molecule has 4 nitrogen and oxygen atoms in total. The van der Waals surface area contributed by atoms with Crippen molar-refractivity contribution in [1.29, 1.82) is 0 Å². The van der Waals surface area contributed by atoms with E-state index < -0.39 is 0 Å². The van der Waals surface area contributed by atoms with Crippen LogP contribution in [-0.4, -0.2) is 48.6 Å². The van der Waals surface area contributed by atoms with Gasteiger partial charge < -0.3 is 10.6 Å². The summed E-state index contributed by atoms with van der Waals surface area (Å²) in [5, 5.41) is 6.42. The van der Waals surface area contributed by atoms with Gasteiger partial charge in [-0.1, -0.05) is 6.92 Å². The fraction of sp³-hybridized carbons (Fsp3) is 0.923. The number of nitrogens with zero attached hydrogens (tertiary/aromatic N) is 1. The zero-order chi connectivity index (χ0) is 12.9. The first kappa shape index (κ1) is 14.5. The van der Waals surface area contributed by atoms with Gasteiger partial charge in [-0.25, -0.2) is 0 Å². The Labute approximate surface area is 105 Å². The number of carbonyl (C=O) groups excluding carboxylic acids is 1. The van der Waals surface area contributed by atoms with Gasteiger partial charge in [0, 0.05) is 18.1 Å². The van der Waals surface area contributed by atoms with E-state index in [4.69, 9.17) is 0 Å². The van der Waals surface area contributed by atoms with Crippen LogP contribution in [0.15, 0.2) is 0 Å². The van der Waals surface area contributed by atoms with Gasteiger partial charge in [-0.3, -0.25) is 9.69 Å². The van der Waals surface area contributed by atoms with Crippen molar-refractivity contribution in [3.05, 3.63) is 0 Å². The Kier molecular flexibility index (Phi) is 5.40. The Morgan fingerprint density at radius 3 is 2.65 bits per heavy atom. The second-order valence-corrected chi connectivity index (χ2v) is 5.86. The molecule has 1 amide bonds. The Hall–Kier alpha value is -0.610. The highest BCUT2D eigenvalue weighted by Gasteiger charge is 2.23. The highest BCUT2D eigenvalue weighted by Crippen LogP contribution is 2.10. The van der Waals surface area contributed by atoms with Gasteiger partial charge in [0.05, 0.1) is 6.54 Å². The van der Waals surface area contributed by atoms with Gasteiger partial charge in [0.2, 0.25) is 5.91 Å². The predicted molar refractivity (Wildman–Crippen MR) is 71.0 cm³/mol. The molecule has 1 heterocycles. The first-order valence-corrected chi connectivity index (χ1v) is 6.68. The van der Waals surface area contributed by atoms with Crippen LogP contribution in [0.4, 0.5) is 0 Å². The number of hydrogen-bond acceptors (Lipinski definition) is 3. The summed E-state index contributed by atoms with van der Waals surface area (Å²) in [6, 6.07) is 0.513. The molecule has 0 aromatic rings. The lowest BCUT2D eigenvalue weighted by atomic mass is 10.1. The van der Waals surface area contributed by atoms with Crippen LogP contribution in [0.2, 0.25) is 0 Å². The first-order chi connectivity index (χ1) is 7.92. The Bertz CT molecular complexity index is 242. The van der Waals surface area contributed by atoms with E-state index >= 15 is 0 Å². The average Bonchev–Trinajstić information content (AvgIpc) is 2.24. The van der Waals surface area contributed by atoms with Crippen molar-refractivity contribution < 1.29 is 4.79 Å². The second-order valence-electron chi connectivity index (χ2n) is 5.86. The van der Waals surface area contributed by atoms with Crippen LogP contribution in [0.1, 0.15) is 40.5 Å². The number of nitrogens with one attached hydrogen (secondary N) is 2. The van der Waals surface area contributed by atoms with E-state index in [2.05, 4.69) is 22.5 Å². The third-order valence-corrected chi connectivity index (χ3v) is 3.05. The van der Waals surface area contributed by atoms with E-state index in [9.17, 15) is 4.79 Å². The summed E-state index contributed by atoms with van der Waals surface area (Å²) in [7, 11) is 0. The Morgan fingerprint density at radius 2 is 2.18 bits per heavy atom. The van der Waals surface area contributed by atoms with Crippen molar-refractivity contribution in [2.75, 3.05) is 26.2 Å². The molecule has 1 atom stereocenters. The molecule has 1 unspecified atom stereocenters. The molecular formula is C13H27N3O. The molecule has 1 aliphatic rings. The second kappa shape index (κ2) is 6.36. The van der Waals surface area contributed by atoms with Gasteiger partial charge in [0.15, 0.2) is 0 Å². The molecule has 0 aliphatic carbocycles. The number of piperidine rings is 1. The molecule has 0 saturated carbocycles. The first-order valence-electron chi connectivity index (χ1n) is 6.68. The van der Waals surface area contributed by atoms with Crippen molar-refractivity contribution in [3.8, 4) is 0 Å². The number of carbonyl (C=O) groups is 1. The molecule has 100 valence electrons. The van der Waals surface area contributed by atoms with Crippen LogP contribution in [-0.2, 0) is 4.79 Å². The van der Waals surface area contributed by atoms with Crippen LogP contribution in [0.25, 0.3) is 0 Å². The minimum atomic E-state index is -0.138. The summed E-state index contributed by atoms with van der Waals surface area (Å²) in [6.07, 6.45) is 2.41. The molecule has 2 N–H and O–H groups in total. The van der Waals surface area contributed by atoms with Crippen molar-refractivity contribution in [2.45, 2.75) is 52.1 Å². The molecule has 0 radical (unpaired) electrons. The van der Waals surface area contributed by atoms with Gasteiger partial charge in [0.25, 0.3) is 0 Å². The molecule has 0 aromatic heterocycles. The molecular weight excluding hydrogens is 214 g/mol. The lowest BCUT2D eigenvalue weighted by Gasteiger charge is -2.34. The molecule has 1 saturated heterocycles. The summed E-state index contributed by atoms with van der Waals surface area (Å²) >= 11 is 0. The molecule has 0 aromatic carbocycles. The third kappa shape index (κ3) is 5.50. The molecule has 1 rings (SSSR count). The van der Waals surface area contributed by atoms with E-state index in [-0.39, 0.29) is 11.4 Å². The molecule has 1 fully saturated rings. The molecule has 1 aliphatic heterocycles. The van der Waals surface area contributed by atoms with Crippen LogP contribution in [0.3, 0.4) is 0 Å². The maximum Gasteiger partial charge on any atom is 0.234 e. The lowest BCUT2D eigenvalue weighted by Crippen LogP contribution is -2.51. The zero-order valence-corrected chi connectivity index (χ0v) is 11.7. The zero-order valence-electron chi connectivity index (χ0n) is 11.7. The minimum Gasteiger partial charge on any atom is -0.350 e. The fourth-order valence-electron chi connectivity index (χ4n) is 2.29. The summed E-state index contributed by atoms with van der Waals surface area (Å²) in [4.78, 5) is 14.2. The summed E-state index contributed by atoms with van der Waals surface area (Å²) in [6.45, 7) is 11.7. The highest BCUT2D eigenvalue weighted by atomic mass is 16.2. The highest BCUT2D eigenvalue weighted by molar-refractivity contribution is 5.78. The minimum absolute atomic E-state index is 0.130. The number of hydrogen-bond donors (Lipinski definition) is 2. The number of amides is 1. The lowest BCUT2D eigenvalue weighted by molar-refractivity contribution is -0.124. The fourth-order valence-corrected chi connectivity index (χ4v) is 2.29. The molecule has 0 spiro atoms. The van der Waals surface area contributed by atoms with Crippen molar-refractivity contribution in [1.82, 2.24) is 15.5 Å². The SMILES string of the molecule is CCN(CC(=O)NC(C)(C)C)C1CCCNC1. The van der Waals surface area contributed by atoms with E-state index in [1.54, 1.807) is 0 Å². The van der Waals surface area contributed by atoms with E-state index in [1.807, 2.05) is 20.8 Å². The maximum atomic E-state index is 11.9. The topological polar surface area (TPSA) is 44.4 Å². The van der Waals surface area contributed by atoms with Crippen molar-refractivity contribution in [2.24, 2.45) is 0 Å². The van der Waals surface area contributed by atoms with Crippen molar-refractivity contribution in [3.63, 3.8) is 0 Å². The van der Waals surface area contributed by atoms with E-state index in [0.29, 0.717) is 12.6 Å². The number of rotatable bonds is 4. The monoisotopic (exact) mass is 241 g/mol. The van der Waals surface area contributed by atoms with Gasteiger partial charge in [-0.2, -0.15) is 0 Å². The Balaban J connectivity index is 2.42. The van der Waals surface area contributed by atoms with Gasteiger partial charge in [-0.15, -0.1) is 0 Å². The van der Waals surface area contributed by atoms with E-state index in [1.165, 1.54) is 12.8 Å². The number of likely N-dealkylation sites (N-methyl/N-ethyl adjacent to an activating group) is 1. The molecule has 0 bridgehead atoms. The average molecular weight is 241 g/mol. The molecule has 4 heteroatoms. The van der Waals surface area contributed by atoms with Crippen LogP contribution in [0.5, 0.6) is 0 Å². The maximum absolute atomic E-state index is 11.9.